The number of guanidine groups is 1. The zero-order valence-electron chi connectivity index (χ0n) is 18.1. The lowest BCUT2D eigenvalue weighted by molar-refractivity contribution is 0.156. The van der Waals surface area contributed by atoms with Crippen LogP contribution in [-0.4, -0.2) is 86.3 Å². The van der Waals surface area contributed by atoms with Gasteiger partial charge in [-0.2, -0.15) is 0 Å². The van der Waals surface area contributed by atoms with Gasteiger partial charge in [0, 0.05) is 64.0 Å². The van der Waals surface area contributed by atoms with Crippen LogP contribution in [-0.2, 0) is 11.3 Å². The molecule has 0 amide bonds. The first-order chi connectivity index (χ1) is 14.2. The van der Waals surface area contributed by atoms with Crippen molar-refractivity contribution in [3.8, 4) is 0 Å². The van der Waals surface area contributed by atoms with Crippen molar-refractivity contribution in [2.45, 2.75) is 33.2 Å². The molecule has 3 fully saturated rings. The summed E-state index contributed by atoms with van der Waals surface area (Å²) in [5, 5.41) is 3.48. The molecule has 0 radical (unpaired) electrons. The van der Waals surface area contributed by atoms with E-state index >= 15 is 0 Å². The second-order valence-corrected chi connectivity index (χ2v) is 8.59. The molecule has 4 heterocycles. The number of likely N-dealkylation sites (tertiary alicyclic amines) is 1. The molecule has 3 saturated heterocycles. The van der Waals surface area contributed by atoms with Gasteiger partial charge >= 0.3 is 0 Å². The topological polar surface area (TPSA) is 56.2 Å². The first kappa shape index (κ1) is 20.4. The van der Waals surface area contributed by atoms with Crippen LogP contribution in [0.3, 0.4) is 0 Å². The normalized spacial score (nSPS) is 25.9. The highest BCUT2D eigenvalue weighted by Crippen LogP contribution is 2.38. The summed E-state index contributed by atoms with van der Waals surface area (Å²) in [5.41, 5.74) is 1.51. The standard InChI is InChI=1S/C22H36N6O/c1-3-23-21(28-9-7-22(17-28)8-14-29-18-22)25-16-19-5-6-20(24-15-19)27-12-10-26(4-2)11-13-27/h5-6,15H,3-4,7-14,16-18H2,1-2H3,(H,23,25). The van der Waals surface area contributed by atoms with Gasteiger partial charge in [0.25, 0.3) is 0 Å². The Morgan fingerprint density at radius 2 is 2.03 bits per heavy atom. The average molecular weight is 401 g/mol. The molecule has 1 atom stereocenters. The second kappa shape index (κ2) is 9.30. The molecule has 4 rings (SSSR count). The number of pyridine rings is 1. The van der Waals surface area contributed by atoms with E-state index in [-0.39, 0.29) is 0 Å². The molecule has 1 N–H and O–H groups in total. The zero-order chi connectivity index (χ0) is 20.1. The summed E-state index contributed by atoms with van der Waals surface area (Å²) < 4.78 is 5.67. The van der Waals surface area contributed by atoms with E-state index in [1.807, 2.05) is 6.20 Å². The van der Waals surface area contributed by atoms with Gasteiger partial charge in [0.05, 0.1) is 13.2 Å². The van der Waals surface area contributed by atoms with E-state index in [2.05, 4.69) is 46.0 Å². The van der Waals surface area contributed by atoms with Crippen molar-refractivity contribution in [2.75, 3.05) is 70.5 Å². The van der Waals surface area contributed by atoms with E-state index in [9.17, 15) is 0 Å². The highest BCUT2D eigenvalue weighted by molar-refractivity contribution is 5.80. The van der Waals surface area contributed by atoms with Gasteiger partial charge in [0.2, 0.25) is 0 Å². The Labute approximate surface area is 175 Å². The van der Waals surface area contributed by atoms with Crippen LogP contribution in [0.5, 0.6) is 0 Å². The minimum atomic E-state index is 0.348. The number of anilines is 1. The number of aromatic nitrogens is 1. The molecule has 0 aromatic carbocycles. The minimum absolute atomic E-state index is 0.348. The fourth-order valence-electron chi connectivity index (χ4n) is 4.67. The van der Waals surface area contributed by atoms with E-state index in [1.54, 1.807) is 0 Å². The van der Waals surface area contributed by atoms with E-state index < -0.39 is 0 Å². The van der Waals surface area contributed by atoms with Gasteiger partial charge in [-0.15, -0.1) is 0 Å². The molecule has 3 aliphatic heterocycles. The van der Waals surface area contributed by atoms with Crippen molar-refractivity contribution >= 4 is 11.8 Å². The molecule has 1 aromatic rings. The van der Waals surface area contributed by atoms with E-state index in [0.717, 1.165) is 82.9 Å². The molecule has 0 saturated carbocycles. The predicted octanol–water partition coefficient (Wildman–Crippen LogP) is 1.80. The minimum Gasteiger partial charge on any atom is -0.381 e. The molecule has 7 nitrogen and oxygen atoms in total. The number of piperazine rings is 1. The molecule has 1 aromatic heterocycles. The van der Waals surface area contributed by atoms with Crippen LogP contribution >= 0.6 is 0 Å². The third kappa shape index (κ3) is 4.83. The number of nitrogens with one attached hydrogen (secondary N) is 1. The third-order valence-electron chi connectivity index (χ3n) is 6.62. The highest BCUT2D eigenvalue weighted by atomic mass is 16.5. The zero-order valence-corrected chi connectivity index (χ0v) is 18.1. The van der Waals surface area contributed by atoms with Crippen LogP contribution < -0.4 is 10.2 Å². The average Bonchev–Trinajstić information content (AvgIpc) is 3.41. The number of hydrogen-bond donors (Lipinski definition) is 1. The Kier molecular flexibility index (Phi) is 6.55. The fourth-order valence-corrected chi connectivity index (χ4v) is 4.67. The summed E-state index contributed by atoms with van der Waals surface area (Å²) in [4.78, 5) is 16.9. The summed E-state index contributed by atoms with van der Waals surface area (Å²) in [7, 11) is 0. The van der Waals surface area contributed by atoms with Crippen molar-refractivity contribution in [1.82, 2.24) is 20.1 Å². The summed E-state index contributed by atoms with van der Waals surface area (Å²) in [6, 6.07) is 4.33. The van der Waals surface area contributed by atoms with E-state index in [0.29, 0.717) is 12.0 Å². The van der Waals surface area contributed by atoms with Crippen molar-refractivity contribution in [3.05, 3.63) is 23.9 Å². The number of ether oxygens (including phenoxy) is 1. The fraction of sp³-hybridized carbons (Fsp3) is 0.727. The van der Waals surface area contributed by atoms with Crippen molar-refractivity contribution in [3.63, 3.8) is 0 Å². The molecule has 7 heteroatoms. The van der Waals surface area contributed by atoms with Gasteiger partial charge in [-0.3, -0.25) is 0 Å². The SMILES string of the molecule is CCNC(=NCc1ccc(N2CCN(CC)CC2)nc1)N1CCC2(CCOC2)C1. The quantitative estimate of drug-likeness (QED) is 0.601. The molecule has 1 unspecified atom stereocenters. The molecule has 160 valence electrons. The largest absolute Gasteiger partial charge is 0.381 e. The highest BCUT2D eigenvalue weighted by Gasteiger charge is 2.42. The van der Waals surface area contributed by atoms with Crippen LogP contribution in [0.4, 0.5) is 5.82 Å². The summed E-state index contributed by atoms with van der Waals surface area (Å²) in [6.07, 6.45) is 4.38. The molecule has 0 aliphatic carbocycles. The molecule has 29 heavy (non-hydrogen) atoms. The Bertz CT molecular complexity index is 677. The maximum atomic E-state index is 5.67. The van der Waals surface area contributed by atoms with Crippen LogP contribution in [0, 0.1) is 5.41 Å². The van der Waals surface area contributed by atoms with E-state index in [4.69, 9.17) is 14.7 Å². The lowest BCUT2D eigenvalue weighted by Crippen LogP contribution is -2.46. The van der Waals surface area contributed by atoms with Crippen LogP contribution in [0.15, 0.2) is 23.3 Å². The molecule has 1 spiro atoms. The number of hydrogen-bond acceptors (Lipinski definition) is 5. The summed E-state index contributed by atoms with van der Waals surface area (Å²) in [6.45, 7) is 15.4. The van der Waals surface area contributed by atoms with Gasteiger partial charge in [-0.25, -0.2) is 9.98 Å². The Morgan fingerprint density at radius 1 is 1.17 bits per heavy atom. The number of nitrogens with zero attached hydrogens (tertiary/aromatic N) is 5. The maximum Gasteiger partial charge on any atom is 0.194 e. The van der Waals surface area contributed by atoms with Crippen LogP contribution in [0.1, 0.15) is 32.3 Å². The van der Waals surface area contributed by atoms with Crippen molar-refractivity contribution in [2.24, 2.45) is 10.4 Å². The van der Waals surface area contributed by atoms with Crippen LogP contribution in [0.2, 0.25) is 0 Å². The first-order valence-corrected chi connectivity index (χ1v) is 11.2. The smallest absolute Gasteiger partial charge is 0.194 e. The van der Waals surface area contributed by atoms with Crippen molar-refractivity contribution < 1.29 is 4.74 Å². The molecular formula is C22H36N6O. The lowest BCUT2D eigenvalue weighted by Gasteiger charge is -2.34. The summed E-state index contributed by atoms with van der Waals surface area (Å²) >= 11 is 0. The van der Waals surface area contributed by atoms with Crippen molar-refractivity contribution in [1.29, 1.82) is 0 Å². The molecule has 3 aliphatic rings. The number of rotatable bonds is 5. The number of aliphatic imine (C=N–C) groups is 1. The van der Waals surface area contributed by atoms with Gasteiger partial charge in [-0.1, -0.05) is 13.0 Å². The molecule has 0 bridgehead atoms. The van der Waals surface area contributed by atoms with Crippen LogP contribution in [0.25, 0.3) is 0 Å². The van der Waals surface area contributed by atoms with Gasteiger partial charge in [0.15, 0.2) is 5.96 Å². The lowest BCUT2D eigenvalue weighted by atomic mass is 9.87. The first-order valence-electron chi connectivity index (χ1n) is 11.2. The summed E-state index contributed by atoms with van der Waals surface area (Å²) in [5.74, 6) is 2.11. The van der Waals surface area contributed by atoms with Gasteiger partial charge in [-0.05, 0) is 37.9 Å². The predicted molar refractivity (Wildman–Crippen MR) is 117 cm³/mol. The van der Waals surface area contributed by atoms with E-state index in [1.165, 1.54) is 12.8 Å². The third-order valence-corrected chi connectivity index (χ3v) is 6.62. The second-order valence-electron chi connectivity index (χ2n) is 8.59. The monoisotopic (exact) mass is 400 g/mol. The number of likely N-dealkylation sites (N-methyl/N-ethyl adjacent to an activating group) is 1. The maximum absolute atomic E-state index is 5.67. The Hall–Kier alpha value is -1.86. The molecular weight excluding hydrogens is 364 g/mol. The van der Waals surface area contributed by atoms with Gasteiger partial charge in [0.1, 0.15) is 5.82 Å². The van der Waals surface area contributed by atoms with Gasteiger partial charge < -0.3 is 24.8 Å². The Morgan fingerprint density at radius 3 is 2.69 bits per heavy atom. The Balaban J connectivity index is 1.35.